The maximum absolute atomic E-state index is 12.2. The minimum Gasteiger partial charge on any atom is -0.494 e. The number of carbonyl (C=O) groups excluding carboxylic acids is 2. The minimum absolute atomic E-state index is 0.405. The predicted molar refractivity (Wildman–Crippen MR) is 118 cm³/mol. The maximum atomic E-state index is 12.2. The molecule has 0 spiro atoms. The number of nitrogens with one attached hydrogen (secondary N) is 2. The lowest BCUT2D eigenvalue weighted by atomic mass is 10.2. The smallest absolute Gasteiger partial charge is 0.279 e. The van der Waals surface area contributed by atoms with Crippen LogP contribution in [0.5, 0.6) is 11.5 Å². The standard InChI is InChI=1S/C24H32N2O4/c1-4-6-7-8-17-29-21-15-11-20(12-16-21)24(28)26-25-23(27)18(3)30-22-13-9-19(5-2)10-14-22/h9-16,18H,4-8,17H2,1-3H3,(H,25,27)(H,26,28). The van der Waals surface area contributed by atoms with Gasteiger partial charge >= 0.3 is 0 Å². The van der Waals surface area contributed by atoms with Crippen LogP contribution in [0.1, 0.15) is 62.4 Å². The van der Waals surface area contributed by atoms with E-state index in [4.69, 9.17) is 9.47 Å². The predicted octanol–water partition coefficient (Wildman–Crippen LogP) is 4.44. The van der Waals surface area contributed by atoms with Gasteiger partial charge in [-0.1, -0.05) is 45.2 Å². The number of amides is 2. The third-order valence-corrected chi connectivity index (χ3v) is 4.70. The van der Waals surface area contributed by atoms with Crippen LogP contribution in [0.15, 0.2) is 48.5 Å². The van der Waals surface area contributed by atoms with Gasteiger partial charge in [0.25, 0.3) is 11.8 Å². The fourth-order valence-corrected chi connectivity index (χ4v) is 2.77. The molecule has 2 aromatic carbocycles. The van der Waals surface area contributed by atoms with Crippen LogP contribution in [0, 0.1) is 0 Å². The Bertz CT molecular complexity index is 788. The Hall–Kier alpha value is -3.02. The summed E-state index contributed by atoms with van der Waals surface area (Å²) in [5, 5.41) is 0. The molecule has 1 atom stereocenters. The Labute approximate surface area is 178 Å². The van der Waals surface area contributed by atoms with Crippen molar-refractivity contribution in [3.05, 3.63) is 59.7 Å². The SMILES string of the molecule is CCCCCCOc1ccc(C(=O)NNC(=O)C(C)Oc2ccc(CC)cc2)cc1. The molecule has 0 fully saturated rings. The lowest BCUT2D eigenvalue weighted by molar-refractivity contribution is -0.128. The highest BCUT2D eigenvalue weighted by Gasteiger charge is 2.16. The van der Waals surface area contributed by atoms with Crippen LogP contribution in [-0.2, 0) is 11.2 Å². The summed E-state index contributed by atoms with van der Waals surface area (Å²) in [4.78, 5) is 24.4. The van der Waals surface area contributed by atoms with Crippen molar-refractivity contribution in [3.8, 4) is 11.5 Å². The van der Waals surface area contributed by atoms with Crippen LogP contribution in [0.4, 0.5) is 0 Å². The Kier molecular flexibility index (Phi) is 9.71. The molecule has 2 N–H and O–H groups in total. The monoisotopic (exact) mass is 412 g/mol. The van der Waals surface area contributed by atoms with Gasteiger partial charge in [0, 0.05) is 5.56 Å². The number of unbranched alkanes of at least 4 members (excludes halogenated alkanes) is 3. The first-order valence-electron chi connectivity index (χ1n) is 10.6. The van der Waals surface area contributed by atoms with Gasteiger partial charge in [-0.05, 0) is 61.7 Å². The van der Waals surface area contributed by atoms with Crippen molar-refractivity contribution >= 4 is 11.8 Å². The van der Waals surface area contributed by atoms with E-state index in [0.717, 1.165) is 25.0 Å². The number of hydrazine groups is 1. The first kappa shape index (κ1) is 23.3. The van der Waals surface area contributed by atoms with E-state index in [-0.39, 0.29) is 0 Å². The number of ether oxygens (including phenoxy) is 2. The van der Waals surface area contributed by atoms with Gasteiger partial charge in [-0.25, -0.2) is 0 Å². The number of rotatable bonds is 11. The van der Waals surface area contributed by atoms with E-state index in [0.29, 0.717) is 17.9 Å². The molecule has 162 valence electrons. The van der Waals surface area contributed by atoms with Crippen molar-refractivity contribution in [2.75, 3.05) is 6.61 Å². The van der Waals surface area contributed by atoms with Crippen LogP contribution in [-0.4, -0.2) is 24.5 Å². The molecule has 30 heavy (non-hydrogen) atoms. The molecule has 0 aliphatic rings. The maximum Gasteiger partial charge on any atom is 0.279 e. The van der Waals surface area contributed by atoms with E-state index in [1.54, 1.807) is 31.2 Å². The van der Waals surface area contributed by atoms with Crippen LogP contribution in [0.25, 0.3) is 0 Å². The second-order valence-corrected chi connectivity index (χ2v) is 7.13. The number of hydrogen-bond acceptors (Lipinski definition) is 4. The van der Waals surface area contributed by atoms with Gasteiger partial charge in [0.05, 0.1) is 6.61 Å². The third kappa shape index (κ3) is 7.78. The second kappa shape index (κ2) is 12.5. The molecule has 2 amide bonds. The molecular formula is C24H32N2O4. The zero-order chi connectivity index (χ0) is 21.8. The number of aryl methyl sites for hydroxylation is 1. The average molecular weight is 413 g/mol. The summed E-state index contributed by atoms with van der Waals surface area (Å²) in [7, 11) is 0. The summed E-state index contributed by atoms with van der Waals surface area (Å²) < 4.78 is 11.3. The van der Waals surface area contributed by atoms with Crippen LogP contribution >= 0.6 is 0 Å². The summed E-state index contributed by atoms with van der Waals surface area (Å²) in [5.74, 6) is 0.488. The largest absolute Gasteiger partial charge is 0.494 e. The zero-order valence-corrected chi connectivity index (χ0v) is 18.1. The number of carbonyl (C=O) groups is 2. The van der Waals surface area contributed by atoms with Crippen LogP contribution in [0.3, 0.4) is 0 Å². The Morgan fingerprint density at radius 3 is 2.17 bits per heavy atom. The minimum atomic E-state index is -0.749. The van der Waals surface area contributed by atoms with Crippen molar-refractivity contribution in [3.63, 3.8) is 0 Å². The van der Waals surface area contributed by atoms with Crippen molar-refractivity contribution in [1.29, 1.82) is 0 Å². The molecule has 0 aliphatic carbocycles. The highest BCUT2D eigenvalue weighted by atomic mass is 16.5. The number of benzene rings is 2. The van der Waals surface area contributed by atoms with E-state index in [1.165, 1.54) is 18.4 Å². The van der Waals surface area contributed by atoms with E-state index >= 15 is 0 Å². The highest BCUT2D eigenvalue weighted by Crippen LogP contribution is 2.15. The highest BCUT2D eigenvalue weighted by molar-refractivity contribution is 5.95. The summed E-state index contributed by atoms with van der Waals surface area (Å²) in [6.07, 6.45) is 4.77. The molecule has 6 heteroatoms. The molecule has 1 unspecified atom stereocenters. The normalized spacial score (nSPS) is 11.4. The van der Waals surface area contributed by atoms with Crippen LogP contribution in [0.2, 0.25) is 0 Å². The Morgan fingerprint density at radius 1 is 0.867 bits per heavy atom. The molecular weight excluding hydrogens is 380 g/mol. The van der Waals surface area contributed by atoms with Gasteiger partial charge in [-0.3, -0.25) is 20.4 Å². The van der Waals surface area contributed by atoms with Gasteiger partial charge in [-0.2, -0.15) is 0 Å². The molecule has 2 rings (SSSR count). The van der Waals surface area contributed by atoms with Crippen molar-refractivity contribution < 1.29 is 19.1 Å². The molecule has 2 aromatic rings. The fraction of sp³-hybridized carbons (Fsp3) is 0.417. The third-order valence-electron chi connectivity index (χ3n) is 4.70. The lowest BCUT2D eigenvalue weighted by Gasteiger charge is -2.15. The van der Waals surface area contributed by atoms with Gasteiger partial charge < -0.3 is 9.47 Å². The molecule has 0 radical (unpaired) electrons. The van der Waals surface area contributed by atoms with E-state index in [1.807, 2.05) is 24.3 Å². The van der Waals surface area contributed by atoms with Crippen molar-refractivity contribution in [2.24, 2.45) is 0 Å². The summed E-state index contributed by atoms with van der Waals surface area (Å²) in [6, 6.07) is 14.4. The average Bonchev–Trinajstić information content (AvgIpc) is 2.78. The fourth-order valence-electron chi connectivity index (χ4n) is 2.77. The molecule has 0 aliphatic heterocycles. The topological polar surface area (TPSA) is 76.7 Å². The Balaban J connectivity index is 1.74. The first-order valence-corrected chi connectivity index (χ1v) is 10.6. The van der Waals surface area contributed by atoms with E-state index < -0.39 is 17.9 Å². The van der Waals surface area contributed by atoms with Gasteiger partial charge in [-0.15, -0.1) is 0 Å². The molecule has 0 saturated carbocycles. The van der Waals surface area contributed by atoms with E-state index in [2.05, 4.69) is 24.7 Å². The summed E-state index contributed by atoms with van der Waals surface area (Å²) >= 11 is 0. The van der Waals surface area contributed by atoms with Crippen molar-refractivity contribution in [1.82, 2.24) is 10.9 Å². The molecule has 0 saturated heterocycles. The van der Waals surface area contributed by atoms with Crippen LogP contribution < -0.4 is 20.3 Å². The Morgan fingerprint density at radius 2 is 1.53 bits per heavy atom. The molecule has 6 nitrogen and oxygen atoms in total. The summed E-state index contributed by atoms with van der Waals surface area (Å²) in [6.45, 7) is 6.54. The molecule has 0 bridgehead atoms. The van der Waals surface area contributed by atoms with E-state index in [9.17, 15) is 9.59 Å². The lowest BCUT2D eigenvalue weighted by Crippen LogP contribution is -2.47. The van der Waals surface area contributed by atoms with Gasteiger partial charge in [0.1, 0.15) is 11.5 Å². The van der Waals surface area contributed by atoms with Gasteiger partial charge in [0.15, 0.2) is 6.10 Å². The second-order valence-electron chi connectivity index (χ2n) is 7.13. The molecule has 0 aromatic heterocycles. The first-order chi connectivity index (χ1) is 14.5. The zero-order valence-electron chi connectivity index (χ0n) is 18.1. The quantitative estimate of drug-likeness (QED) is 0.423. The van der Waals surface area contributed by atoms with Crippen molar-refractivity contribution in [2.45, 2.75) is 59.0 Å². The molecule has 0 heterocycles. The van der Waals surface area contributed by atoms with Gasteiger partial charge in [0.2, 0.25) is 0 Å². The number of hydrogen-bond donors (Lipinski definition) is 2. The summed E-state index contributed by atoms with van der Waals surface area (Å²) in [5.41, 5.74) is 6.43.